The summed E-state index contributed by atoms with van der Waals surface area (Å²) in [5.41, 5.74) is 5.26. The molecule has 2 aromatic heterocycles. The molecule has 0 aliphatic heterocycles. The summed E-state index contributed by atoms with van der Waals surface area (Å²) in [6.45, 7) is 0.603. The second-order valence-corrected chi connectivity index (χ2v) is 5.87. The number of pyridine rings is 1. The number of ether oxygens (including phenoxy) is 1. The molecule has 0 radical (unpaired) electrons. The zero-order valence-electron chi connectivity index (χ0n) is 15.2. The molecule has 3 rings (SSSR count). The van der Waals surface area contributed by atoms with Gasteiger partial charge in [-0.2, -0.15) is 13.2 Å². The van der Waals surface area contributed by atoms with Gasteiger partial charge in [-0.15, -0.1) is 0 Å². The van der Waals surface area contributed by atoms with E-state index in [1.807, 2.05) is 0 Å². The quantitative estimate of drug-likeness (QED) is 0.610. The van der Waals surface area contributed by atoms with Crippen LogP contribution in [0.25, 0.3) is 10.9 Å². The van der Waals surface area contributed by atoms with Gasteiger partial charge in [0.25, 0.3) is 11.5 Å². The third-order valence-corrected chi connectivity index (χ3v) is 3.85. The lowest BCUT2D eigenvalue weighted by atomic mass is 10.2. The number of benzene rings is 1. The van der Waals surface area contributed by atoms with Crippen molar-refractivity contribution in [1.29, 1.82) is 0 Å². The molecule has 0 aliphatic rings. The first-order valence-electron chi connectivity index (χ1n) is 8.50. The molecule has 0 saturated heterocycles. The number of hydrogen-bond acceptors (Lipinski definition) is 6. The van der Waals surface area contributed by atoms with Gasteiger partial charge in [-0.1, -0.05) is 12.1 Å². The number of amides is 1. The van der Waals surface area contributed by atoms with E-state index < -0.39 is 18.7 Å². The number of carbonyl (C=O) groups excluding carboxylic acids is 1. The second kappa shape index (κ2) is 8.17. The van der Waals surface area contributed by atoms with E-state index in [9.17, 15) is 22.8 Å². The number of rotatable bonds is 6. The summed E-state index contributed by atoms with van der Waals surface area (Å²) in [7, 11) is 0. The number of halogens is 3. The maximum atomic E-state index is 12.5. The lowest BCUT2D eigenvalue weighted by Crippen LogP contribution is -2.34. The Morgan fingerprint density at radius 3 is 2.62 bits per heavy atom. The van der Waals surface area contributed by atoms with Crippen LogP contribution < -0.4 is 21.1 Å². The Hall–Kier alpha value is -3.63. The predicted molar refractivity (Wildman–Crippen MR) is 98.6 cm³/mol. The Balaban J connectivity index is 1.71. The summed E-state index contributed by atoms with van der Waals surface area (Å²) in [6, 6.07) is 9.21. The van der Waals surface area contributed by atoms with Crippen LogP contribution in [0.15, 0.2) is 47.4 Å². The zero-order valence-corrected chi connectivity index (χ0v) is 15.2. The average Bonchev–Trinajstić information content (AvgIpc) is 2.70. The molecule has 8 nitrogen and oxygen atoms in total. The fourth-order valence-electron chi connectivity index (χ4n) is 2.50. The molecular weight excluding hydrogens is 391 g/mol. The van der Waals surface area contributed by atoms with Gasteiger partial charge in [-0.25, -0.2) is 9.97 Å². The lowest BCUT2D eigenvalue weighted by molar-refractivity contribution is -0.154. The molecule has 0 atom stereocenters. The SMILES string of the molecule is CCn1c(NNC(=O)c2ccc(OCC(F)(F)F)nc2)nc2ccccc2c1=O. The first kappa shape index (κ1) is 20.1. The van der Waals surface area contributed by atoms with Gasteiger partial charge in [0.15, 0.2) is 6.61 Å². The van der Waals surface area contributed by atoms with Crippen LogP contribution >= 0.6 is 0 Å². The number of anilines is 1. The molecule has 3 aromatic rings. The molecule has 1 aromatic carbocycles. The predicted octanol–water partition coefficient (Wildman–Crippen LogP) is 2.51. The highest BCUT2D eigenvalue weighted by Crippen LogP contribution is 2.17. The van der Waals surface area contributed by atoms with Gasteiger partial charge in [0.05, 0.1) is 16.5 Å². The molecule has 0 saturated carbocycles. The van der Waals surface area contributed by atoms with Crippen molar-refractivity contribution < 1.29 is 22.7 Å². The van der Waals surface area contributed by atoms with Crippen LogP contribution in [0, 0.1) is 0 Å². The van der Waals surface area contributed by atoms with Crippen LogP contribution in [0.1, 0.15) is 17.3 Å². The van der Waals surface area contributed by atoms with Crippen molar-refractivity contribution in [3.63, 3.8) is 0 Å². The molecular formula is C18H16F3N5O3. The Bertz CT molecular complexity index is 1080. The van der Waals surface area contributed by atoms with E-state index in [2.05, 4.69) is 25.6 Å². The molecule has 0 unspecified atom stereocenters. The number of nitrogens with one attached hydrogen (secondary N) is 2. The first-order valence-corrected chi connectivity index (χ1v) is 8.50. The van der Waals surface area contributed by atoms with Crippen molar-refractivity contribution >= 4 is 22.8 Å². The Labute approximate surface area is 162 Å². The smallest absolute Gasteiger partial charge is 0.422 e. The minimum atomic E-state index is -4.48. The van der Waals surface area contributed by atoms with Crippen LogP contribution in [-0.2, 0) is 6.54 Å². The van der Waals surface area contributed by atoms with Crippen molar-refractivity contribution in [3.05, 3.63) is 58.5 Å². The highest BCUT2D eigenvalue weighted by atomic mass is 19.4. The molecule has 0 fully saturated rings. The summed E-state index contributed by atoms with van der Waals surface area (Å²) in [5.74, 6) is -0.740. The van der Waals surface area contributed by atoms with Gasteiger partial charge in [-0.05, 0) is 25.1 Å². The normalized spacial score (nSPS) is 11.3. The molecule has 0 spiro atoms. The molecule has 2 heterocycles. The molecule has 0 bridgehead atoms. The van der Waals surface area contributed by atoms with E-state index >= 15 is 0 Å². The molecule has 152 valence electrons. The number of alkyl halides is 3. The number of carbonyl (C=O) groups is 1. The van der Waals surface area contributed by atoms with E-state index in [1.54, 1.807) is 31.2 Å². The second-order valence-electron chi connectivity index (χ2n) is 5.87. The minimum absolute atomic E-state index is 0.0723. The summed E-state index contributed by atoms with van der Waals surface area (Å²) in [5, 5.41) is 0.449. The van der Waals surface area contributed by atoms with Crippen LogP contribution in [0.5, 0.6) is 5.88 Å². The standard InChI is InChI=1S/C18H16F3N5O3/c1-2-26-16(28)12-5-3-4-6-13(12)23-17(26)25-24-15(27)11-7-8-14(22-9-11)29-10-18(19,20)21/h3-9H,2,10H2,1H3,(H,23,25)(H,24,27). The highest BCUT2D eigenvalue weighted by Gasteiger charge is 2.28. The van der Waals surface area contributed by atoms with Gasteiger partial charge in [-0.3, -0.25) is 25.0 Å². The molecule has 1 amide bonds. The van der Waals surface area contributed by atoms with Crippen molar-refractivity contribution in [2.75, 3.05) is 12.0 Å². The summed E-state index contributed by atoms with van der Waals surface area (Å²) in [4.78, 5) is 32.8. The maximum absolute atomic E-state index is 12.5. The van der Waals surface area contributed by atoms with E-state index in [0.717, 1.165) is 12.3 Å². The highest BCUT2D eigenvalue weighted by molar-refractivity contribution is 5.94. The largest absolute Gasteiger partial charge is 0.468 e. The minimum Gasteiger partial charge on any atom is -0.468 e. The monoisotopic (exact) mass is 407 g/mol. The first-order chi connectivity index (χ1) is 13.8. The Kier molecular flexibility index (Phi) is 5.66. The van der Waals surface area contributed by atoms with Crippen LogP contribution in [0.2, 0.25) is 0 Å². The third-order valence-electron chi connectivity index (χ3n) is 3.85. The number of nitrogens with zero attached hydrogens (tertiary/aromatic N) is 3. The van der Waals surface area contributed by atoms with Crippen LogP contribution in [0.3, 0.4) is 0 Å². The average molecular weight is 407 g/mol. The summed E-state index contributed by atoms with van der Waals surface area (Å²) in [6.07, 6.45) is -3.41. The van der Waals surface area contributed by atoms with Gasteiger partial charge in [0.1, 0.15) is 0 Å². The fraction of sp³-hybridized carbons (Fsp3) is 0.222. The van der Waals surface area contributed by atoms with Gasteiger partial charge >= 0.3 is 6.18 Å². The molecule has 11 heteroatoms. The lowest BCUT2D eigenvalue weighted by Gasteiger charge is -2.14. The number of aromatic nitrogens is 3. The zero-order chi connectivity index (χ0) is 21.0. The van der Waals surface area contributed by atoms with Gasteiger partial charge in [0, 0.05) is 18.8 Å². The Morgan fingerprint density at radius 2 is 1.97 bits per heavy atom. The van der Waals surface area contributed by atoms with Crippen molar-refractivity contribution in [3.8, 4) is 5.88 Å². The van der Waals surface area contributed by atoms with Crippen molar-refractivity contribution in [2.45, 2.75) is 19.6 Å². The van der Waals surface area contributed by atoms with Crippen molar-refractivity contribution in [1.82, 2.24) is 20.0 Å². The third kappa shape index (κ3) is 4.81. The van der Waals surface area contributed by atoms with E-state index in [4.69, 9.17) is 0 Å². The van der Waals surface area contributed by atoms with E-state index in [-0.39, 0.29) is 23.0 Å². The van der Waals surface area contributed by atoms with Crippen LogP contribution in [-0.4, -0.2) is 33.2 Å². The number of hydrazine groups is 1. The number of para-hydroxylation sites is 1. The topological polar surface area (TPSA) is 98.1 Å². The summed E-state index contributed by atoms with van der Waals surface area (Å²) < 4.78 is 42.3. The van der Waals surface area contributed by atoms with Gasteiger partial charge in [0.2, 0.25) is 11.8 Å². The molecule has 2 N–H and O–H groups in total. The fourth-order valence-corrected chi connectivity index (χ4v) is 2.50. The molecule has 29 heavy (non-hydrogen) atoms. The Morgan fingerprint density at radius 1 is 1.21 bits per heavy atom. The number of fused-ring (bicyclic) bond motifs is 1. The number of hydrogen-bond donors (Lipinski definition) is 2. The van der Waals surface area contributed by atoms with E-state index in [0.29, 0.717) is 17.4 Å². The maximum Gasteiger partial charge on any atom is 0.422 e. The van der Waals surface area contributed by atoms with E-state index in [1.165, 1.54) is 10.6 Å². The van der Waals surface area contributed by atoms with Crippen LogP contribution in [0.4, 0.5) is 19.1 Å². The van der Waals surface area contributed by atoms with Crippen molar-refractivity contribution in [2.24, 2.45) is 0 Å². The molecule has 0 aliphatic carbocycles. The van der Waals surface area contributed by atoms with Gasteiger partial charge < -0.3 is 4.74 Å². The summed E-state index contributed by atoms with van der Waals surface area (Å²) >= 11 is 0.